The highest BCUT2D eigenvalue weighted by molar-refractivity contribution is 6.01. The van der Waals surface area contributed by atoms with Gasteiger partial charge in [-0.1, -0.05) is 0 Å². The van der Waals surface area contributed by atoms with E-state index in [0.29, 0.717) is 0 Å². The summed E-state index contributed by atoms with van der Waals surface area (Å²) in [6.45, 7) is 1.52. The second kappa shape index (κ2) is 7.36. The predicted octanol–water partition coefficient (Wildman–Crippen LogP) is 3.66. The molecule has 1 aromatic carbocycles. The Balaban J connectivity index is 1.53. The van der Waals surface area contributed by atoms with Crippen molar-refractivity contribution in [1.29, 1.82) is 0 Å². The molecule has 35 heavy (non-hydrogen) atoms. The first-order valence-electron chi connectivity index (χ1n) is 10.9. The minimum Gasteiger partial charge on any atom is -0.493 e. The monoisotopic (exact) mass is 505 g/mol. The second-order valence-electron chi connectivity index (χ2n) is 9.13. The molecule has 190 valence electrons. The second-order valence-corrected chi connectivity index (χ2v) is 9.13. The number of carbonyl (C=O) groups excluding carboxylic acids is 1. The van der Waals surface area contributed by atoms with Crippen molar-refractivity contribution < 1.29 is 45.7 Å². The van der Waals surface area contributed by atoms with Gasteiger partial charge in [0.15, 0.2) is 5.69 Å². The normalized spacial score (nSPS) is 31.4. The van der Waals surface area contributed by atoms with Gasteiger partial charge >= 0.3 is 12.4 Å². The standard InChI is InChI=1S/C22H21F6N3O4/c1-3-34-14-5-4-10(6-11(14)21(23,24)25)29-18(33)20-9-19(20,17-13(32)7-15(20)35-17)12-8-31(2)30-16(12)22(26,27)28/h4-6,8,13,15,17,32H,3,7,9H2,1-2H3,(H,29,33). The van der Waals surface area contributed by atoms with Crippen molar-refractivity contribution in [3.63, 3.8) is 0 Å². The Bertz CT molecular complexity index is 1190. The maximum absolute atomic E-state index is 13.8. The molecule has 0 radical (unpaired) electrons. The lowest BCUT2D eigenvalue weighted by Gasteiger charge is -2.29. The Labute approximate surface area is 195 Å². The molecule has 7 nitrogen and oxygen atoms in total. The van der Waals surface area contributed by atoms with Crippen molar-refractivity contribution in [2.24, 2.45) is 12.5 Å². The Morgan fingerprint density at radius 3 is 2.63 bits per heavy atom. The molecule has 1 amide bonds. The lowest BCUT2D eigenvalue weighted by molar-refractivity contribution is -0.143. The molecule has 3 aliphatic rings. The van der Waals surface area contributed by atoms with Gasteiger partial charge in [-0.05, 0) is 31.5 Å². The van der Waals surface area contributed by atoms with Crippen LogP contribution in [0.3, 0.4) is 0 Å². The zero-order chi connectivity index (χ0) is 25.6. The SMILES string of the molecule is CCOc1ccc(NC(=O)C23CC2(c2cn(C)nc2C(F)(F)F)C2OC3CC2O)cc1C(F)(F)F. The van der Waals surface area contributed by atoms with E-state index in [2.05, 4.69) is 10.4 Å². The van der Waals surface area contributed by atoms with Crippen LogP contribution < -0.4 is 10.1 Å². The maximum atomic E-state index is 13.8. The van der Waals surface area contributed by atoms with Crippen molar-refractivity contribution in [3.8, 4) is 5.75 Å². The summed E-state index contributed by atoms with van der Waals surface area (Å²) < 4.78 is 93.7. The summed E-state index contributed by atoms with van der Waals surface area (Å²) >= 11 is 0. The molecular weight excluding hydrogens is 484 g/mol. The molecule has 1 aromatic heterocycles. The van der Waals surface area contributed by atoms with E-state index >= 15 is 0 Å². The van der Waals surface area contributed by atoms with Crippen LogP contribution in [-0.4, -0.2) is 45.7 Å². The molecule has 5 unspecified atom stereocenters. The number of aliphatic hydroxyl groups is 1. The number of amides is 1. The number of aryl methyl sites for hydroxylation is 1. The van der Waals surface area contributed by atoms with E-state index in [1.54, 1.807) is 0 Å². The number of carbonyl (C=O) groups is 1. The smallest absolute Gasteiger partial charge is 0.435 e. The highest BCUT2D eigenvalue weighted by Crippen LogP contribution is 2.78. The highest BCUT2D eigenvalue weighted by Gasteiger charge is 2.88. The molecule has 2 aliphatic heterocycles. The van der Waals surface area contributed by atoms with Crippen LogP contribution in [0.5, 0.6) is 5.75 Å². The largest absolute Gasteiger partial charge is 0.493 e. The van der Waals surface area contributed by atoms with E-state index in [-0.39, 0.29) is 30.7 Å². The van der Waals surface area contributed by atoms with Gasteiger partial charge in [0.1, 0.15) is 5.75 Å². The fourth-order valence-electron chi connectivity index (χ4n) is 5.87. The van der Waals surface area contributed by atoms with Gasteiger partial charge in [-0.25, -0.2) is 0 Å². The van der Waals surface area contributed by atoms with Gasteiger partial charge in [0.2, 0.25) is 5.91 Å². The lowest BCUT2D eigenvalue weighted by Crippen LogP contribution is -2.45. The number of halogens is 6. The third-order valence-corrected chi connectivity index (χ3v) is 7.21. The van der Waals surface area contributed by atoms with E-state index in [4.69, 9.17) is 9.47 Å². The van der Waals surface area contributed by atoms with Gasteiger partial charge in [0, 0.05) is 36.3 Å². The number of aromatic nitrogens is 2. The van der Waals surface area contributed by atoms with Crippen LogP contribution in [0.1, 0.15) is 36.6 Å². The number of hydrogen-bond acceptors (Lipinski definition) is 5. The van der Waals surface area contributed by atoms with E-state index in [9.17, 15) is 36.2 Å². The Morgan fingerprint density at radius 2 is 2.00 bits per heavy atom. The lowest BCUT2D eigenvalue weighted by atomic mass is 9.73. The highest BCUT2D eigenvalue weighted by atomic mass is 19.4. The number of ether oxygens (including phenoxy) is 2. The van der Waals surface area contributed by atoms with Gasteiger partial charge in [-0.3, -0.25) is 9.48 Å². The molecule has 5 rings (SSSR count). The zero-order valence-electron chi connectivity index (χ0n) is 18.5. The quantitative estimate of drug-likeness (QED) is 0.606. The Hall–Kier alpha value is -2.80. The minimum atomic E-state index is -4.82. The topological polar surface area (TPSA) is 85.6 Å². The number of alkyl halides is 6. The van der Waals surface area contributed by atoms with Crippen LogP contribution in [0, 0.1) is 5.41 Å². The van der Waals surface area contributed by atoms with Crippen molar-refractivity contribution in [2.75, 3.05) is 11.9 Å². The molecular formula is C22H21F6N3O4. The summed E-state index contributed by atoms with van der Waals surface area (Å²) in [7, 11) is 1.31. The fourth-order valence-corrected chi connectivity index (χ4v) is 5.87. The number of rotatable bonds is 5. The molecule has 5 atom stereocenters. The molecule has 1 aliphatic carbocycles. The molecule has 2 bridgehead atoms. The van der Waals surface area contributed by atoms with Crippen molar-refractivity contribution in [2.45, 2.75) is 55.8 Å². The number of hydrogen-bond donors (Lipinski definition) is 2. The van der Waals surface area contributed by atoms with E-state index in [1.165, 1.54) is 20.0 Å². The van der Waals surface area contributed by atoms with E-state index in [1.807, 2.05) is 0 Å². The number of aliphatic hydroxyl groups excluding tert-OH is 1. The summed E-state index contributed by atoms with van der Waals surface area (Å²) in [5.74, 6) is -1.18. The average Bonchev–Trinajstić information content (AvgIpc) is 2.97. The van der Waals surface area contributed by atoms with Crippen LogP contribution in [0.2, 0.25) is 0 Å². The van der Waals surface area contributed by atoms with Crippen LogP contribution in [0.25, 0.3) is 0 Å². The molecule has 13 heteroatoms. The van der Waals surface area contributed by atoms with Crippen molar-refractivity contribution in [3.05, 3.63) is 41.2 Å². The summed E-state index contributed by atoms with van der Waals surface area (Å²) in [5.41, 5.74) is -5.72. The first-order valence-corrected chi connectivity index (χ1v) is 10.9. The first kappa shape index (κ1) is 23.9. The maximum Gasteiger partial charge on any atom is 0.435 e. The number of nitrogens with one attached hydrogen (secondary N) is 1. The average molecular weight is 505 g/mol. The van der Waals surface area contributed by atoms with Gasteiger partial charge in [0.05, 0.1) is 35.9 Å². The molecule has 3 fully saturated rings. The number of anilines is 1. The minimum absolute atomic E-state index is 0.00417. The predicted molar refractivity (Wildman–Crippen MR) is 107 cm³/mol. The summed E-state index contributed by atoms with van der Waals surface area (Å²) in [6.07, 6.45) is -11.5. The third-order valence-electron chi connectivity index (χ3n) is 7.21. The van der Waals surface area contributed by atoms with Crippen LogP contribution in [0.4, 0.5) is 32.0 Å². The zero-order valence-corrected chi connectivity index (χ0v) is 18.5. The number of benzene rings is 1. The van der Waals surface area contributed by atoms with Crippen molar-refractivity contribution in [1.82, 2.24) is 9.78 Å². The van der Waals surface area contributed by atoms with Gasteiger partial charge < -0.3 is 19.9 Å². The molecule has 2 aromatic rings. The molecule has 1 saturated carbocycles. The summed E-state index contributed by atoms with van der Waals surface area (Å²) in [5, 5.41) is 16.4. The van der Waals surface area contributed by atoms with Crippen LogP contribution in [0.15, 0.2) is 24.4 Å². The Morgan fingerprint density at radius 1 is 1.29 bits per heavy atom. The number of nitrogens with zero attached hydrogens (tertiary/aromatic N) is 2. The fraction of sp³-hybridized carbons (Fsp3) is 0.545. The van der Waals surface area contributed by atoms with E-state index in [0.717, 1.165) is 23.0 Å². The molecule has 0 spiro atoms. The molecule has 2 saturated heterocycles. The summed E-state index contributed by atoms with van der Waals surface area (Å²) in [6, 6.07) is 3.02. The van der Waals surface area contributed by atoms with Crippen LogP contribution >= 0.6 is 0 Å². The molecule has 2 N–H and O–H groups in total. The molecule has 3 heterocycles. The van der Waals surface area contributed by atoms with Gasteiger partial charge in [-0.15, -0.1) is 0 Å². The Kier molecular flexibility index (Phi) is 5.03. The van der Waals surface area contributed by atoms with Gasteiger partial charge in [-0.2, -0.15) is 31.4 Å². The number of fused-ring (bicyclic) bond motifs is 5. The van der Waals surface area contributed by atoms with Crippen LogP contribution in [-0.2, 0) is 34.3 Å². The first-order chi connectivity index (χ1) is 16.3. The van der Waals surface area contributed by atoms with E-state index < -0.39 is 64.4 Å². The third kappa shape index (κ3) is 3.27. The van der Waals surface area contributed by atoms with Gasteiger partial charge in [0.25, 0.3) is 0 Å². The summed E-state index contributed by atoms with van der Waals surface area (Å²) in [4.78, 5) is 13.5. The van der Waals surface area contributed by atoms with Crippen molar-refractivity contribution >= 4 is 11.6 Å².